The van der Waals surface area contributed by atoms with Crippen molar-refractivity contribution in [2.45, 2.75) is 258 Å². The zero-order valence-corrected chi connectivity index (χ0v) is 64.9. The van der Waals surface area contributed by atoms with Crippen LogP contribution in [0.15, 0.2) is 0 Å². The van der Waals surface area contributed by atoms with E-state index in [9.17, 15) is 127 Å². The maximum atomic E-state index is 14.6. The first-order chi connectivity index (χ1) is 54.9. The molecule has 2 heterocycles. The molecule has 15 amide bonds. The largest absolute Gasteiger partial charge is 0.481 e. The molecule has 0 radical (unpaired) electrons. The van der Waals surface area contributed by atoms with Crippen molar-refractivity contribution in [2.75, 3.05) is 59.0 Å². The molecule has 0 unspecified atom stereocenters. The highest BCUT2D eigenvalue weighted by Crippen LogP contribution is 2.34. The summed E-state index contributed by atoms with van der Waals surface area (Å²) in [5.74, 6) is -18.9. The molecular weight excluding hydrogens is 1540 g/mol. The van der Waals surface area contributed by atoms with Gasteiger partial charge in [-0.1, -0.05) is 44.9 Å². The number of amides is 15. The van der Waals surface area contributed by atoms with Crippen molar-refractivity contribution < 1.29 is 137 Å². The van der Waals surface area contributed by atoms with Crippen LogP contribution in [0.1, 0.15) is 155 Å². The summed E-state index contributed by atoms with van der Waals surface area (Å²) < 4.78 is 11.3. The number of carboxylic acid groups (broad SMARTS) is 3. The first-order valence-corrected chi connectivity index (χ1v) is 38.7. The van der Waals surface area contributed by atoms with Crippen LogP contribution in [-0.4, -0.2) is 315 Å². The molecule has 116 heavy (non-hydrogen) atoms. The Labute approximate surface area is 667 Å². The third-order valence-electron chi connectivity index (χ3n) is 19.7. The number of hydrogen-bond donors (Lipinski definition) is 25. The molecule has 0 aromatic carbocycles. The minimum absolute atomic E-state index is 0.0178. The van der Waals surface area contributed by atoms with Crippen LogP contribution in [0.3, 0.4) is 0 Å². The van der Waals surface area contributed by atoms with Gasteiger partial charge in [-0.3, -0.25) is 81.5 Å². The van der Waals surface area contributed by atoms with Gasteiger partial charge in [-0.15, -0.1) is 0 Å². The number of nitrogens with two attached hydrogens (primary N) is 4. The van der Waals surface area contributed by atoms with E-state index < -0.39 is 288 Å². The smallest absolute Gasteiger partial charge is 0.328 e. The van der Waals surface area contributed by atoms with E-state index in [1.54, 1.807) is 0 Å². The SMILES string of the molecule is C[C@H](NC(=O)[C@H](CC1CC1)NC(=O)CN)C(=O)NCC(=O)N[C@@H](CC1CCCCC1)C(=O)N[C@@H](CC[C@H](CN)O[C@@H]1O[C@H](CO)[C@H](O)[C@H](O)[C@H]1O)C(=O)NCC(=O)N[C@@H](CCC(=O)O)C(=O)N[C@@H](CCC(N)=O)C(=O)NCC(=O)N1CCC[C@H]1C(=O)N[C@@H](CCCCN)C(=O)NCC(=O)N[C@@H](CCC(=O)O)C(=O)N[C@H](C(=O)O)[C@@H](C)O. The van der Waals surface area contributed by atoms with Crippen LogP contribution in [0, 0.1) is 11.8 Å². The fourth-order valence-corrected chi connectivity index (χ4v) is 13.0. The first-order valence-electron chi connectivity index (χ1n) is 38.7. The highest BCUT2D eigenvalue weighted by molar-refractivity contribution is 5.99. The van der Waals surface area contributed by atoms with Crippen molar-refractivity contribution in [1.82, 2.24) is 74.0 Å². The molecule has 0 aromatic rings. The van der Waals surface area contributed by atoms with E-state index in [1.807, 2.05) is 5.32 Å². The van der Waals surface area contributed by atoms with Crippen molar-refractivity contribution in [2.24, 2.45) is 34.8 Å². The average molecular weight is 1660 g/mol. The number of ether oxygens (including phenoxy) is 2. The minimum atomic E-state index is -1.90. The molecular formula is C70H116N18O28. The molecule has 46 heteroatoms. The molecule has 17 atom stereocenters. The van der Waals surface area contributed by atoms with Gasteiger partial charge in [0.2, 0.25) is 88.6 Å². The van der Waals surface area contributed by atoms with Crippen LogP contribution >= 0.6 is 0 Å². The quantitative estimate of drug-likeness (QED) is 0.0252. The molecule has 4 aliphatic rings. The summed E-state index contributed by atoms with van der Waals surface area (Å²) in [7, 11) is 0. The molecule has 46 nitrogen and oxygen atoms in total. The van der Waals surface area contributed by atoms with Gasteiger partial charge in [0.25, 0.3) is 0 Å². The van der Waals surface area contributed by atoms with E-state index in [2.05, 4.69) is 63.8 Å². The number of likely N-dealkylation sites (tertiary alicyclic amines) is 1. The van der Waals surface area contributed by atoms with E-state index in [-0.39, 0.29) is 76.5 Å². The number of rotatable bonds is 53. The van der Waals surface area contributed by atoms with Gasteiger partial charge in [-0.2, -0.15) is 0 Å². The zero-order chi connectivity index (χ0) is 86.5. The molecule has 0 bridgehead atoms. The second-order valence-electron chi connectivity index (χ2n) is 29.1. The number of nitrogens with zero attached hydrogens (tertiary/aromatic N) is 1. The zero-order valence-electron chi connectivity index (χ0n) is 64.9. The normalized spacial score (nSPS) is 20.8. The van der Waals surface area contributed by atoms with Gasteiger partial charge in [0.15, 0.2) is 12.3 Å². The van der Waals surface area contributed by atoms with Crippen LogP contribution in [0.25, 0.3) is 0 Å². The van der Waals surface area contributed by atoms with E-state index >= 15 is 0 Å². The Bertz CT molecular complexity index is 3380. The van der Waals surface area contributed by atoms with Gasteiger partial charge in [-0.05, 0) is 109 Å². The maximum Gasteiger partial charge on any atom is 0.328 e. The number of aliphatic hydroxyl groups excluding tert-OH is 5. The van der Waals surface area contributed by atoms with Gasteiger partial charge in [0.05, 0.1) is 51.5 Å². The summed E-state index contributed by atoms with van der Waals surface area (Å²) in [4.78, 5) is 239. The van der Waals surface area contributed by atoms with E-state index in [4.69, 9.17) is 32.4 Å². The van der Waals surface area contributed by atoms with E-state index in [0.29, 0.717) is 25.7 Å². The van der Waals surface area contributed by atoms with Crippen molar-refractivity contribution in [3.8, 4) is 0 Å². The molecule has 654 valence electrons. The van der Waals surface area contributed by atoms with Crippen LogP contribution in [-0.2, 0) is 95.8 Å². The number of carbonyl (C=O) groups excluding carboxylic acids is 15. The van der Waals surface area contributed by atoms with Crippen molar-refractivity contribution in [3.05, 3.63) is 0 Å². The standard InChI is InChI=1S/C70H116N18O28/c1-34(79-66(110)44(26-37-13-14-37)82-49(92)28-73)60(104)75-29-52(95)83-45(25-36-9-4-3-5-10-36)67(111)85-40(16-15-38(27-72)115-70-59(103)58(102)57(101)47(33-89)116-70)62(106)77-31-50(93)80-42(18-21-54(97)98)64(108)84-41(17-20-48(74)91)63(107)78-32-53(96)88-24-8-12-46(88)68(112)86-39(11-6-7-23-71)61(105)76-30-51(94)81-43(19-22-55(99)100)65(109)87-56(35(2)90)69(113)114/h34-47,56-59,70,89-90,101-103H,3-33,71-73H2,1-2H3,(H2,74,91)(H,75,104)(H,76,105)(H,77,106)(H,78,107)(H,79,110)(H,80,93)(H,81,94)(H,82,92)(H,83,95)(H,84,108)(H,85,111)(H,86,112)(H,87,109)(H,97,98)(H,99,100)(H,113,114)/t34-,35+,38+,39-,40-,41-,42-,43-,44-,45-,46-,47+,56-,57-,58-,59+,70+/m0/s1. The highest BCUT2D eigenvalue weighted by atomic mass is 16.7. The van der Waals surface area contributed by atoms with Gasteiger partial charge in [0, 0.05) is 32.4 Å². The third kappa shape index (κ3) is 34.9. The number of hydrogen-bond acceptors (Lipinski definition) is 28. The van der Waals surface area contributed by atoms with Gasteiger partial charge < -0.3 is 147 Å². The van der Waals surface area contributed by atoms with E-state index in [1.165, 1.54) is 6.92 Å². The van der Waals surface area contributed by atoms with Crippen LogP contribution in [0.5, 0.6) is 0 Å². The van der Waals surface area contributed by atoms with Crippen LogP contribution in [0.2, 0.25) is 0 Å². The van der Waals surface area contributed by atoms with Crippen LogP contribution in [0.4, 0.5) is 0 Å². The average Bonchev–Trinajstić information content (AvgIpc) is 1.04. The molecule has 2 saturated heterocycles. The molecule has 4 fully saturated rings. The van der Waals surface area contributed by atoms with E-state index in [0.717, 1.165) is 43.9 Å². The maximum absolute atomic E-state index is 14.6. The Morgan fingerprint density at radius 2 is 0.940 bits per heavy atom. The van der Waals surface area contributed by atoms with Gasteiger partial charge in [0.1, 0.15) is 78.8 Å². The number of nitrogens with one attached hydrogen (secondary N) is 13. The fraction of sp³-hybridized carbons (Fsp3) is 0.743. The Kier molecular flexibility index (Phi) is 42.9. The number of primary amides is 1. The lowest BCUT2D eigenvalue weighted by atomic mass is 9.84. The summed E-state index contributed by atoms with van der Waals surface area (Å²) >= 11 is 0. The lowest BCUT2D eigenvalue weighted by Crippen LogP contribution is -2.60. The lowest BCUT2D eigenvalue weighted by molar-refractivity contribution is -0.310. The minimum Gasteiger partial charge on any atom is -0.481 e. The van der Waals surface area contributed by atoms with Gasteiger partial charge >= 0.3 is 17.9 Å². The monoisotopic (exact) mass is 1660 g/mol. The Balaban J connectivity index is 1.50. The fourth-order valence-electron chi connectivity index (χ4n) is 13.0. The molecule has 4 rings (SSSR count). The highest BCUT2D eigenvalue weighted by Gasteiger charge is 2.46. The predicted molar refractivity (Wildman–Crippen MR) is 399 cm³/mol. The Morgan fingerprint density at radius 1 is 0.474 bits per heavy atom. The summed E-state index contributed by atoms with van der Waals surface area (Å²) in [6, 6.07) is -15.0. The lowest BCUT2D eigenvalue weighted by Gasteiger charge is -2.40. The molecule has 0 spiro atoms. The summed E-state index contributed by atoms with van der Waals surface area (Å²) in [6.45, 7) is -2.54. The number of carboxylic acids is 3. The Hall–Kier alpha value is -9.94. The molecule has 0 aromatic heterocycles. The molecule has 2 saturated carbocycles. The van der Waals surface area contributed by atoms with Crippen molar-refractivity contribution >= 4 is 107 Å². The predicted octanol–water partition coefficient (Wildman–Crippen LogP) is -10.9. The second kappa shape index (κ2) is 50.5. The number of unbranched alkanes of at least 4 members (excludes halogenated alkanes) is 1. The number of aliphatic hydroxyl groups is 5. The van der Waals surface area contributed by atoms with Gasteiger partial charge in [-0.25, -0.2) is 4.79 Å². The summed E-state index contributed by atoms with van der Waals surface area (Å²) in [5, 5.41) is 111. The van der Waals surface area contributed by atoms with Crippen molar-refractivity contribution in [3.63, 3.8) is 0 Å². The van der Waals surface area contributed by atoms with Crippen LogP contribution < -0.4 is 92.1 Å². The molecule has 29 N–H and O–H groups in total. The molecule has 2 aliphatic carbocycles. The summed E-state index contributed by atoms with van der Waals surface area (Å²) in [6.07, 6.45) is -9.44. The topological polar surface area (TPSA) is 751 Å². The van der Waals surface area contributed by atoms with Crippen molar-refractivity contribution in [1.29, 1.82) is 0 Å². The third-order valence-corrected chi connectivity index (χ3v) is 19.7. The summed E-state index contributed by atoms with van der Waals surface area (Å²) in [5.41, 5.74) is 22.6. The second-order valence-corrected chi connectivity index (χ2v) is 29.1. The Morgan fingerprint density at radius 3 is 1.43 bits per heavy atom. The first kappa shape index (κ1) is 98.4. The molecule has 2 aliphatic heterocycles. The number of carbonyl (C=O) groups is 18. The number of aliphatic carboxylic acids is 3.